The smallest absolute Gasteiger partial charge is 0.273 e. The van der Waals surface area contributed by atoms with Gasteiger partial charge < -0.3 is 14.5 Å². The number of anilines is 1. The molecule has 8 heteroatoms. The van der Waals surface area contributed by atoms with Crippen LogP contribution in [-0.4, -0.2) is 65.9 Å². The lowest BCUT2D eigenvalue weighted by atomic mass is 10.2. The van der Waals surface area contributed by atoms with Crippen LogP contribution in [0.4, 0.5) is 5.69 Å². The molecule has 1 saturated heterocycles. The number of amides is 2. The van der Waals surface area contributed by atoms with E-state index in [2.05, 4.69) is 16.8 Å². The molecule has 0 N–H and O–H groups in total. The number of thiazole rings is 1. The van der Waals surface area contributed by atoms with Crippen LogP contribution < -0.4 is 9.64 Å². The summed E-state index contributed by atoms with van der Waals surface area (Å²) in [6.07, 6.45) is 0. The van der Waals surface area contributed by atoms with E-state index >= 15 is 0 Å². The summed E-state index contributed by atoms with van der Waals surface area (Å²) in [7, 11) is 0. The lowest BCUT2D eigenvalue weighted by Gasteiger charge is -2.33. The number of piperazine rings is 1. The molecule has 0 saturated carbocycles. The molecule has 0 radical (unpaired) electrons. The molecule has 142 valence electrons. The van der Waals surface area contributed by atoms with Gasteiger partial charge in [0, 0.05) is 31.6 Å². The van der Waals surface area contributed by atoms with Gasteiger partial charge in [-0.25, -0.2) is 4.98 Å². The van der Waals surface area contributed by atoms with E-state index < -0.39 is 0 Å². The lowest BCUT2D eigenvalue weighted by Crippen LogP contribution is -2.48. The third kappa shape index (κ3) is 3.68. The minimum atomic E-state index is -0.104. The predicted octanol–water partition coefficient (Wildman–Crippen LogP) is 1.85. The number of likely N-dealkylation sites (N-methyl/N-ethyl adjacent to an activating group) is 1. The van der Waals surface area contributed by atoms with Crippen molar-refractivity contribution >= 4 is 28.8 Å². The van der Waals surface area contributed by atoms with Crippen molar-refractivity contribution in [2.45, 2.75) is 13.5 Å². The van der Waals surface area contributed by atoms with Gasteiger partial charge in [-0.3, -0.25) is 14.5 Å². The van der Waals surface area contributed by atoms with Gasteiger partial charge in [-0.15, -0.1) is 11.3 Å². The Morgan fingerprint density at radius 1 is 1.22 bits per heavy atom. The minimum absolute atomic E-state index is 0.0237. The Bertz CT molecular complexity index is 845. The number of nitrogens with zero attached hydrogens (tertiary/aromatic N) is 4. The fourth-order valence-electron chi connectivity index (χ4n) is 3.37. The number of hydrogen-bond acceptors (Lipinski definition) is 6. The van der Waals surface area contributed by atoms with Crippen molar-refractivity contribution in [3.8, 4) is 5.75 Å². The van der Waals surface area contributed by atoms with Crippen LogP contribution in [0.5, 0.6) is 5.75 Å². The monoisotopic (exact) mass is 386 g/mol. The first-order valence-electron chi connectivity index (χ1n) is 9.14. The van der Waals surface area contributed by atoms with Crippen LogP contribution in [0.25, 0.3) is 0 Å². The molecule has 3 heterocycles. The maximum absolute atomic E-state index is 12.7. The summed E-state index contributed by atoms with van der Waals surface area (Å²) < 4.78 is 5.47. The van der Waals surface area contributed by atoms with Gasteiger partial charge in [0.15, 0.2) is 6.61 Å². The van der Waals surface area contributed by atoms with Gasteiger partial charge in [0.2, 0.25) is 0 Å². The summed E-state index contributed by atoms with van der Waals surface area (Å²) in [6.45, 7) is 6.78. The van der Waals surface area contributed by atoms with Crippen molar-refractivity contribution in [3.63, 3.8) is 0 Å². The quantitative estimate of drug-likeness (QED) is 0.802. The predicted molar refractivity (Wildman–Crippen MR) is 103 cm³/mol. The minimum Gasteiger partial charge on any atom is -0.482 e. The van der Waals surface area contributed by atoms with Crippen molar-refractivity contribution in [2.75, 3.05) is 44.2 Å². The number of carbonyl (C=O) groups excluding carboxylic acids is 2. The molecule has 0 aliphatic carbocycles. The van der Waals surface area contributed by atoms with Gasteiger partial charge in [-0.1, -0.05) is 19.1 Å². The van der Waals surface area contributed by atoms with E-state index in [1.54, 1.807) is 10.3 Å². The fraction of sp³-hybridized carbons (Fsp3) is 0.421. The highest BCUT2D eigenvalue weighted by Crippen LogP contribution is 2.32. The average Bonchev–Trinajstić information content (AvgIpc) is 3.18. The van der Waals surface area contributed by atoms with Crippen LogP contribution in [0.1, 0.15) is 22.4 Å². The summed E-state index contributed by atoms with van der Waals surface area (Å²) in [5.74, 6) is 0.563. The van der Waals surface area contributed by atoms with Gasteiger partial charge in [0.05, 0.1) is 12.2 Å². The molecular weight excluding hydrogens is 364 g/mol. The lowest BCUT2D eigenvalue weighted by molar-refractivity contribution is -0.121. The molecule has 1 aromatic carbocycles. The largest absolute Gasteiger partial charge is 0.482 e. The average molecular weight is 386 g/mol. The van der Waals surface area contributed by atoms with Gasteiger partial charge in [-0.05, 0) is 18.7 Å². The number of benzene rings is 1. The third-order valence-corrected chi connectivity index (χ3v) is 5.81. The Labute approximate surface area is 162 Å². The molecule has 0 atom stereocenters. The number of carbonyl (C=O) groups is 2. The maximum atomic E-state index is 12.7. The molecule has 2 aliphatic heterocycles. The number of aromatic nitrogens is 1. The molecule has 27 heavy (non-hydrogen) atoms. The molecule has 2 aliphatic rings. The second kappa shape index (κ2) is 7.66. The van der Waals surface area contributed by atoms with Crippen molar-refractivity contribution in [2.24, 2.45) is 0 Å². The van der Waals surface area contributed by atoms with Crippen LogP contribution >= 0.6 is 11.3 Å². The van der Waals surface area contributed by atoms with Crippen molar-refractivity contribution < 1.29 is 14.3 Å². The standard InChI is InChI=1S/C19H22N4O3S/c1-2-21-7-9-22(10-8-21)19(25)14-13-27-17(20-14)11-23-15-5-3-4-6-16(15)26-12-18(23)24/h3-6,13H,2,7-12H2,1H3. The Kier molecular flexibility index (Phi) is 5.09. The highest BCUT2D eigenvalue weighted by Gasteiger charge is 2.27. The molecule has 4 rings (SSSR count). The Hall–Kier alpha value is -2.45. The van der Waals surface area contributed by atoms with Gasteiger partial charge in [-0.2, -0.15) is 0 Å². The Morgan fingerprint density at radius 3 is 2.78 bits per heavy atom. The van der Waals surface area contributed by atoms with Crippen LogP contribution in [0, 0.1) is 0 Å². The molecule has 0 unspecified atom stereocenters. The third-order valence-electron chi connectivity index (χ3n) is 4.98. The SMILES string of the molecule is CCN1CCN(C(=O)c2csc(CN3C(=O)COc4ccccc43)n2)CC1. The fourth-order valence-corrected chi connectivity index (χ4v) is 4.13. The first-order valence-corrected chi connectivity index (χ1v) is 10.0. The summed E-state index contributed by atoms with van der Waals surface area (Å²) in [5.41, 5.74) is 1.21. The number of ether oxygens (including phenoxy) is 1. The molecular formula is C19H22N4O3S. The van der Waals surface area contributed by atoms with E-state index in [9.17, 15) is 9.59 Å². The van der Waals surface area contributed by atoms with Crippen LogP contribution in [0.15, 0.2) is 29.6 Å². The van der Waals surface area contributed by atoms with Crippen molar-refractivity contribution in [1.29, 1.82) is 0 Å². The van der Waals surface area contributed by atoms with Gasteiger partial charge in [0.25, 0.3) is 11.8 Å². The van der Waals surface area contributed by atoms with E-state index in [1.165, 1.54) is 11.3 Å². The maximum Gasteiger partial charge on any atom is 0.273 e. The first kappa shape index (κ1) is 17.9. The highest BCUT2D eigenvalue weighted by atomic mass is 32.1. The topological polar surface area (TPSA) is 66.0 Å². The zero-order valence-corrected chi connectivity index (χ0v) is 16.1. The Morgan fingerprint density at radius 2 is 2.00 bits per heavy atom. The molecule has 2 amide bonds. The molecule has 7 nitrogen and oxygen atoms in total. The van der Waals surface area contributed by atoms with Crippen LogP contribution in [-0.2, 0) is 11.3 Å². The van der Waals surface area contributed by atoms with E-state index in [4.69, 9.17) is 4.74 Å². The highest BCUT2D eigenvalue weighted by molar-refractivity contribution is 7.09. The number of hydrogen-bond donors (Lipinski definition) is 0. The summed E-state index contributed by atoms with van der Waals surface area (Å²) in [6, 6.07) is 7.46. The number of fused-ring (bicyclic) bond motifs is 1. The summed E-state index contributed by atoms with van der Waals surface area (Å²) >= 11 is 1.41. The van der Waals surface area contributed by atoms with Gasteiger partial charge in [0.1, 0.15) is 16.5 Å². The second-order valence-electron chi connectivity index (χ2n) is 6.59. The van der Waals surface area contributed by atoms with Crippen LogP contribution in [0.2, 0.25) is 0 Å². The first-order chi connectivity index (χ1) is 13.2. The summed E-state index contributed by atoms with van der Waals surface area (Å²) in [5, 5.41) is 2.54. The van der Waals surface area contributed by atoms with E-state index in [1.807, 2.05) is 29.2 Å². The van der Waals surface area contributed by atoms with E-state index in [0.717, 1.165) is 43.4 Å². The van der Waals surface area contributed by atoms with E-state index in [-0.39, 0.29) is 18.4 Å². The molecule has 0 spiro atoms. The number of rotatable bonds is 4. The molecule has 1 aromatic heterocycles. The normalized spacial score (nSPS) is 17.6. The van der Waals surface area contributed by atoms with Gasteiger partial charge >= 0.3 is 0 Å². The zero-order chi connectivity index (χ0) is 18.8. The Balaban J connectivity index is 1.46. The zero-order valence-electron chi connectivity index (χ0n) is 15.3. The van der Waals surface area contributed by atoms with Crippen LogP contribution in [0.3, 0.4) is 0 Å². The van der Waals surface area contributed by atoms with Crippen molar-refractivity contribution in [1.82, 2.24) is 14.8 Å². The van der Waals surface area contributed by atoms with E-state index in [0.29, 0.717) is 18.0 Å². The second-order valence-corrected chi connectivity index (χ2v) is 7.53. The summed E-state index contributed by atoms with van der Waals surface area (Å²) in [4.78, 5) is 35.4. The van der Waals surface area contributed by atoms with Crippen molar-refractivity contribution in [3.05, 3.63) is 40.3 Å². The molecule has 2 aromatic rings. The molecule has 0 bridgehead atoms. The molecule has 1 fully saturated rings. The number of para-hydroxylation sites is 2.